The number of hydroxylamine groups is 2. The third-order valence-electron chi connectivity index (χ3n) is 6.39. The van der Waals surface area contributed by atoms with Crippen LogP contribution in [0.4, 0.5) is 0 Å². The molecule has 8 heteroatoms. The minimum Gasteiger partial charge on any atom is -0.508 e. The Morgan fingerprint density at radius 3 is 2.32 bits per heavy atom. The second-order valence-electron chi connectivity index (χ2n) is 9.01. The fourth-order valence-corrected chi connectivity index (χ4v) is 4.43. The number of morpholine rings is 1. The highest BCUT2D eigenvalue weighted by molar-refractivity contribution is 5.92. The van der Waals surface area contributed by atoms with E-state index in [-0.39, 0.29) is 11.5 Å². The maximum atomic E-state index is 10.0. The second-order valence-corrected chi connectivity index (χ2v) is 9.01. The predicted molar refractivity (Wildman–Crippen MR) is 141 cm³/mol. The van der Waals surface area contributed by atoms with Gasteiger partial charge < -0.3 is 24.5 Å². The predicted octanol–water partition coefficient (Wildman–Crippen LogP) is 4.69. The molecule has 1 aliphatic heterocycles. The zero-order valence-electron chi connectivity index (χ0n) is 20.9. The van der Waals surface area contributed by atoms with Crippen LogP contribution in [0.15, 0.2) is 66.7 Å². The molecule has 0 aliphatic carbocycles. The first-order chi connectivity index (χ1) is 18.1. The van der Waals surface area contributed by atoms with Crippen molar-refractivity contribution in [1.82, 2.24) is 9.79 Å². The summed E-state index contributed by atoms with van der Waals surface area (Å²) in [5.74, 6) is 1.21. The Bertz CT molecular complexity index is 1310. The van der Waals surface area contributed by atoms with Gasteiger partial charge in [0, 0.05) is 30.5 Å². The van der Waals surface area contributed by atoms with Gasteiger partial charge >= 0.3 is 0 Å². The van der Waals surface area contributed by atoms with Gasteiger partial charge in [-0.05, 0) is 72.6 Å². The van der Waals surface area contributed by atoms with E-state index >= 15 is 0 Å². The number of fused-ring (bicyclic) bond motifs is 1. The van der Waals surface area contributed by atoms with E-state index in [0.717, 1.165) is 58.5 Å². The first kappa shape index (κ1) is 25.0. The Morgan fingerprint density at radius 1 is 0.838 bits per heavy atom. The highest BCUT2D eigenvalue weighted by Crippen LogP contribution is 2.35. The first-order valence-corrected chi connectivity index (χ1v) is 12.5. The lowest BCUT2D eigenvalue weighted by atomic mass is 10.1. The number of hydrogen-bond donors (Lipinski definition) is 2. The molecule has 0 atom stereocenters. The van der Waals surface area contributed by atoms with E-state index in [1.165, 1.54) is 0 Å². The van der Waals surface area contributed by atoms with Gasteiger partial charge in [0.2, 0.25) is 0 Å². The molecule has 0 spiro atoms. The number of aromatic hydroxyl groups is 2. The Labute approximate surface area is 216 Å². The third-order valence-corrected chi connectivity index (χ3v) is 6.39. The van der Waals surface area contributed by atoms with Crippen molar-refractivity contribution in [3.63, 3.8) is 0 Å². The zero-order chi connectivity index (χ0) is 25.6. The van der Waals surface area contributed by atoms with Crippen LogP contribution in [-0.4, -0.2) is 59.5 Å². The van der Waals surface area contributed by atoms with Crippen LogP contribution in [0.2, 0.25) is 0 Å². The van der Waals surface area contributed by atoms with E-state index in [4.69, 9.17) is 19.1 Å². The Hall–Kier alpha value is -3.72. The molecule has 0 radical (unpaired) electrons. The summed E-state index contributed by atoms with van der Waals surface area (Å²) in [5.41, 5.74) is 4.63. The fraction of sp³-hybridized carbons (Fsp3) is 0.310. The zero-order valence-corrected chi connectivity index (χ0v) is 20.9. The molecule has 1 saturated heterocycles. The van der Waals surface area contributed by atoms with E-state index in [0.29, 0.717) is 33.0 Å². The summed E-state index contributed by atoms with van der Waals surface area (Å²) in [4.78, 5) is 12.0. The molecule has 0 saturated carbocycles. The number of ether oxygens (including phenoxy) is 2. The molecule has 0 bridgehead atoms. The van der Waals surface area contributed by atoms with Crippen LogP contribution < -0.4 is 9.57 Å². The van der Waals surface area contributed by atoms with Crippen molar-refractivity contribution in [2.75, 3.05) is 39.5 Å². The van der Waals surface area contributed by atoms with Crippen molar-refractivity contribution < 1.29 is 29.4 Å². The standard InChI is InChI=1S/C29H32N2O6/c1-21-27-19-25(33)9-12-28(27)31(29(21)23-5-7-24(32)8-6-23)37-20-22-3-10-26(11-4-22)35-15-2-16-36-30-13-17-34-18-14-30/h3-12,19,32-33H,2,13-18,20H2,1H3. The molecule has 194 valence electrons. The van der Waals surface area contributed by atoms with Crippen molar-refractivity contribution in [2.24, 2.45) is 0 Å². The number of benzene rings is 3. The summed E-state index contributed by atoms with van der Waals surface area (Å²) in [7, 11) is 0. The van der Waals surface area contributed by atoms with Gasteiger partial charge in [0.1, 0.15) is 23.9 Å². The van der Waals surface area contributed by atoms with Gasteiger partial charge in [-0.25, -0.2) is 0 Å². The van der Waals surface area contributed by atoms with E-state index < -0.39 is 0 Å². The van der Waals surface area contributed by atoms with Gasteiger partial charge in [-0.15, -0.1) is 0 Å². The van der Waals surface area contributed by atoms with E-state index in [1.807, 2.05) is 54.5 Å². The highest BCUT2D eigenvalue weighted by Gasteiger charge is 2.18. The molecule has 0 unspecified atom stereocenters. The van der Waals surface area contributed by atoms with Crippen LogP contribution >= 0.6 is 0 Å². The van der Waals surface area contributed by atoms with E-state index in [1.54, 1.807) is 29.0 Å². The molecule has 1 fully saturated rings. The van der Waals surface area contributed by atoms with Gasteiger partial charge in [-0.3, -0.25) is 4.84 Å². The van der Waals surface area contributed by atoms with Crippen LogP contribution in [0.1, 0.15) is 17.5 Å². The lowest BCUT2D eigenvalue weighted by Gasteiger charge is -2.25. The quantitative estimate of drug-likeness (QED) is 0.303. The minimum absolute atomic E-state index is 0.202. The average molecular weight is 505 g/mol. The normalized spacial score (nSPS) is 14.2. The molecule has 2 N–H and O–H groups in total. The Balaban J connectivity index is 1.22. The molecule has 37 heavy (non-hydrogen) atoms. The molecule has 2 heterocycles. The molecule has 0 amide bonds. The monoisotopic (exact) mass is 504 g/mol. The molecule has 1 aromatic heterocycles. The number of aryl methyl sites for hydroxylation is 1. The van der Waals surface area contributed by atoms with Crippen molar-refractivity contribution in [3.8, 4) is 28.5 Å². The summed E-state index contributed by atoms with van der Waals surface area (Å²) in [6.45, 7) is 6.60. The minimum atomic E-state index is 0.202. The smallest absolute Gasteiger partial charge is 0.140 e. The first-order valence-electron chi connectivity index (χ1n) is 12.5. The summed E-state index contributed by atoms with van der Waals surface area (Å²) in [5, 5.41) is 22.6. The van der Waals surface area contributed by atoms with Crippen LogP contribution in [0.25, 0.3) is 22.2 Å². The summed E-state index contributed by atoms with van der Waals surface area (Å²) >= 11 is 0. The molecular weight excluding hydrogens is 472 g/mol. The number of rotatable bonds is 10. The summed E-state index contributed by atoms with van der Waals surface area (Å²) in [6, 6.07) is 20.1. The molecule has 3 aromatic carbocycles. The van der Waals surface area contributed by atoms with Crippen LogP contribution in [0, 0.1) is 6.92 Å². The van der Waals surface area contributed by atoms with Crippen LogP contribution in [0.5, 0.6) is 17.2 Å². The summed E-state index contributed by atoms with van der Waals surface area (Å²) in [6.07, 6.45) is 0.803. The van der Waals surface area contributed by atoms with E-state index in [9.17, 15) is 10.2 Å². The maximum Gasteiger partial charge on any atom is 0.140 e. The maximum absolute atomic E-state index is 10.0. The largest absolute Gasteiger partial charge is 0.508 e. The topological polar surface area (TPSA) is 85.6 Å². The van der Waals surface area contributed by atoms with Crippen molar-refractivity contribution >= 4 is 10.9 Å². The number of hydrogen-bond acceptors (Lipinski definition) is 7. The van der Waals surface area contributed by atoms with Gasteiger partial charge in [0.05, 0.1) is 37.6 Å². The van der Waals surface area contributed by atoms with Gasteiger partial charge in [-0.1, -0.05) is 12.1 Å². The van der Waals surface area contributed by atoms with Crippen LogP contribution in [-0.2, 0) is 16.2 Å². The highest BCUT2D eigenvalue weighted by atomic mass is 16.7. The Morgan fingerprint density at radius 2 is 1.57 bits per heavy atom. The molecule has 4 aromatic rings. The lowest BCUT2D eigenvalue weighted by Crippen LogP contribution is -2.36. The molecular formula is C29H32N2O6. The average Bonchev–Trinajstić information content (AvgIpc) is 3.19. The van der Waals surface area contributed by atoms with Crippen molar-refractivity contribution in [2.45, 2.75) is 20.0 Å². The van der Waals surface area contributed by atoms with Crippen molar-refractivity contribution in [1.29, 1.82) is 0 Å². The van der Waals surface area contributed by atoms with Crippen molar-refractivity contribution in [3.05, 3.63) is 77.9 Å². The van der Waals surface area contributed by atoms with Gasteiger partial charge in [0.15, 0.2) is 0 Å². The van der Waals surface area contributed by atoms with Gasteiger partial charge in [0.25, 0.3) is 0 Å². The third kappa shape index (κ3) is 5.99. The van der Waals surface area contributed by atoms with Crippen LogP contribution in [0.3, 0.4) is 0 Å². The number of phenolic OH excluding ortho intramolecular Hbond substituents is 2. The molecule has 5 rings (SSSR count). The Kier molecular flexibility index (Phi) is 7.79. The number of nitrogens with zero attached hydrogens (tertiary/aromatic N) is 2. The number of phenols is 2. The molecule has 1 aliphatic rings. The lowest BCUT2D eigenvalue weighted by molar-refractivity contribution is -0.194. The second kappa shape index (κ2) is 11.6. The fourth-order valence-electron chi connectivity index (χ4n) is 4.43. The number of aromatic nitrogens is 1. The SMILES string of the molecule is Cc1c(-c2ccc(O)cc2)n(OCc2ccc(OCCCON3CCOCC3)cc2)c2ccc(O)cc12. The van der Waals surface area contributed by atoms with E-state index in [2.05, 4.69) is 0 Å². The van der Waals surface area contributed by atoms with Gasteiger partial charge in [-0.2, -0.15) is 9.79 Å². The summed E-state index contributed by atoms with van der Waals surface area (Å²) < 4.78 is 13.0. The molecule has 8 nitrogen and oxygen atoms in total.